The highest BCUT2D eigenvalue weighted by Gasteiger charge is 2.19. The molecular weight excluding hydrogens is 250 g/mol. The summed E-state index contributed by atoms with van der Waals surface area (Å²) in [4.78, 5) is 14.2. The van der Waals surface area contributed by atoms with Crippen LogP contribution >= 0.6 is 0 Å². The minimum Gasteiger partial charge on any atom is -0.324 e. The first-order valence-corrected chi connectivity index (χ1v) is 7.24. The van der Waals surface area contributed by atoms with Gasteiger partial charge in [-0.25, -0.2) is 0 Å². The van der Waals surface area contributed by atoms with Crippen LogP contribution in [0, 0.1) is 17.2 Å². The summed E-state index contributed by atoms with van der Waals surface area (Å²) < 4.78 is 0. The number of benzene rings is 1. The molecule has 1 aliphatic heterocycles. The van der Waals surface area contributed by atoms with Crippen molar-refractivity contribution in [2.24, 2.45) is 5.92 Å². The van der Waals surface area contributed by atoms with Crippen molar-refractivity contribution in [2.45, 2.75) is 26.2 Å². The fraction of sp³-hybridized carbons (Fsp3) is 0.500. The summed E-state index contributed by atoms with van der Waals surface area (Å²) in [6.45, 7) is 4.62. The van der Waals surface area contributed by atoms with E-state index in [4.69, 9.17) is 5.26 Å². The zero-order chi connectivity index (χ0) is 14.4. The van der Waals surface area contributed by atoms with Crippen LogP contribution < -0.4 is 5.32 Å². The average molecular weight is 271 g/mol. The highest BCUT2D eigenvalue weighted by molar-refractivity contribution is 5.93. The molecule has 20 heavy (non-hydrogen) atoms. The molecule has 1 amide bonds. The van der Waals surface area contributed by atoms with Crippen molar-refractivity contribution < 1.29 is 4.79 Å². The molecule has 1 aromatic rings. The van der Waals surface area contributed by atoms with Crippen molar-refractivity contribution in [3.63, 3.8) is 0 Å². The number of para-hydroxylation sites is 1. The molecule has 106 valence electrons. The van der Waals surface area contributed by atoms with E-state index in [2.05, 4.69) is 23.2 Å². The standard InChI is InChI=1S/C16H21N3O/c1-2-13-7-9-19(10-8-13)12-16(20)18-15-6-4-3-5-14(15)11-17/h3-6,13H,2,7-10,12H2,1H3,(H,18,20). The Labute approximate surface area is 120 Å². The van der Waals surface area contributed by atoms with Gasteiger partial charge < -0.3 is 5.32 Å². The Hall–Kier alpha value is -1.86. The van der Waals surface area contributed by atoms with Crippen LogP contribution in [0.15, 0.2) is 24.3 Å². The fourth-order valence-corrected chi connectivity index (χ4v) is 2.64. The smallest absolute Gasteiger partial charge is 0.238 e. The van der Waals surface area contributed by atoms with Crippen molar-refractivity contribution >= 4 is 11.6 Å². The molecule has 1 aromatic carbocycles. The van der Waals surface area contributed by atoms with Crippen molar-refractivity contribution in [2.75, 3.05) is 25.0 Å². The third-order valence-electron chi connectivity index (χ3n) is 3.97. The molecule has 0 bridgehead atoms. The van der Waals surface area contributed by atoms with Crippen molar-refractivity contribution in [3.8, 4) is 6.07 Å². The lowest BCUT2D eigenvalue weighted by atomic mass is 9.94. The van der Waals surface area contributed by atoms with Crippen LogP contribution in [0.25, 0.3) is 0 Å². The molecule has 0 unspecified atom stereocenters. The number of nitriles is 1. The molecule has 2 rings (SSSR count). The van der Waals surface area contributed by atoms with Gasteiger partial charge in [0.15, 0.2) is 0 Å². The Morgan fingerprint density at radius 3 is 2.75 bits per heavy atom. The predicted molar refractivity (Wildman–Crippen MR) is 79.2 cm³/mol. The molecule has 0 atom stereocenters. The van der Waals surface area contributed by atoms with E-state index in [9.17, 15) is 4.79 Å². The van der Waals surface area contributed by atoms with Gasteiger partial charge in [0, 0.05) is 0 Å². The average Bonchev–Trinajstić information content (AvgIpc) is 2.48. The summed E-state index contributed by atoms with van der Waals surface area (Å²) in [5, 5.41) is 11.8. The Kier molecular flexibility index (Phi) is 5.14. The van der Waals surface area contributed by atoms with Crippen molar-refractivity contribution in [1.29, 1.82) is 5.26 Å². The second-order valence-electron chi connectivity index (χ2n) is 5.33. The number of hydrogen-bond donors (Lipinski definition) is 1. The van der Waals surface area contributed by atoms with Gasteiger partial charge in [-0.05, 0) is 44.0 Å². The first kappa shape index (κ1) is 14.5. The van der Waals surface area contributed by atoms with E-state index < -0.39 is 0 Å². The number of piperidine rings is 1. The van der Waals surface area contributed by atoms with Gasteiger partial charge in [-0.2, -0.15) is 5.26 Å². The van der Waals surface area contributed by atoms with Crippen molar-refractivity contribution in [3.05, 3.63) is 29.8 Å². The van der Waals surface area contributed by atoms with Gasteiger partial charge in [-0.3, -0.25) is 9.69 Å². The highest BCUT2D eigenvalue weighted by atomic mass is 16.2. The van der Waals surface area contributed by atoms with E-state index in [0.717, 1.165) is 19.0 Å². The molecule has 4 nitrogen and oxygen atoms in total. The van der Waals surface area contributed by atoms with E-state index >= 15 is 0 Å². The van der Waals surface area contributed by atoms with Gasteiger partial charge in [0.2, 0.25) is 5.91 Å². The Balaban J connectivity index is 1.86. The fourth-order valence-electron chi connectivity index (χ4n) is 2.64. The molecule has 0 saturated carbocycles. The van der Waals surface area contributed by atoms with E-state index in [1.165, 1.54) is 19.3 Å². The van der Waals surface area contributed by atoms with Crippen LogP contribution in [-0.2, 0) is 4.79 Å². The van der Waals surface area contributed by atoms with Crippen LogP contribution in [0.2, 0.25) is 0 Å². The number of carbonyl (C=O) groups excluding carboxylic acids is 1. The third kappa shape index (κ3) is 3.82. The number of hydrogen-bond acceptors (Lipinski definition) is 3. The first-order chi connectivity index (χ1) is 9.72. The van der Waals surface area contributed by atoms with E-state index in [-0.39, 0.29) is 5.91 Å². The molecule has 0 spiro atoms. The van der Waals surface area contributed by atoms with Gasteiger partial charge in [0.25, 0.3) is 0 Å². The maximum Gasteiger partial charge on any atom is 0.238 e. The van der Waals surface area contributed by atoms with Crippen LogP contribution in [0.3, 0.4) is 0 Å². The highest BCUT2D eigenvalue weighted by Crippen LogP contribution is 2.20. The third-order valence-corrected chi connectivity index (χ3v) is 3.97. The van der Waals surface area contributed by atoms with E-state index in [0.29, 0.717) is 17.8 Å². The molecule has 1 fully saturated rings. The summed E-state index contributed by atoms with van der Waals surface area (Å²) >= 11 is 0. The van der Waals surface area contributed by atoms with Gasteiger partial charge in [0.1, 0.15) is 6.07 Å². The minimum atomic E-state index is -0.0392. The molecule has 1 saturated heterocycles. The second kappa shape index (κ2) is 7.06. The quantitative estimate of drug-likeness (QED) is 0.915. The summed E-state index contributed by atoms with van der Waals surface area (Å²) in [7, 11) is 0. The first-order valence-electron chi connectivity index (χ1n) is 7.24. The lowest BCUT2D eigenvalue weighted by molar-refractivity contribution is -0.117. The monoisotopic (exact) mass is 271 g/mol. The summed E-state index contributed by atoms with van der Waals surface area (Å²) in [6, 6.07) is 9.18. The maximum atomic E-state index is 12.0. The molecule has 1 N–H and O–H groups in total. The number of amides is 1. The Morgan fingerprint density at radius 2 is 2.10 bits per heavy atom. The lowest BCUT2D eigenvalue weighted by Gasteiger charge is -2.30. The van der Waals surface area contributed by atoms with Gasteiger partial charge >= 0.3 is 0 Å². The molecule has 1 heterocycles. The number of anilines is 1. The zero-order valence-corrected chi connectivity index (χ0v) is 11.9. The van der Waals surface area contributed by atoms with Crippen LogP contribution in [0.5, 0.6) is 0 Å². The van der Waals surface area contributed by atoms with Crippen LogP contribution in [0.4, 0.5) is 5.69 Å². The minimum absolute atomic E-state index is 0.0392. The van der Waals surface area contributed by atoms with Crippen molar-refractivity contribution in [1.82, 2.24) is 4.90 Å². The number of nitrogens with one attached hydrogen (secondary N) is 1. The van der Waals surface area contributed by atoms with Gasteiger partial charge in [-0.15, -0.1) is 0 Å². The molecule has 0 aliphatic carbocycles. The van der Waals surface area contributed by atoms with Gasteiger partial charge in [0.05, 0.1) is 17.8 Å². The van der Waals surface area contributed by atoms with Crippen LogP contribution in [0.1, 0.15) is 31.7 Å². The molecule has 1 aliphatic rings. The number of likely N-dealkylation sites (tertiary alicyclic amines) is 1. The number of carbonyl (C=O) groups is 1. The van der Waals surface area contributed by atoms with Gasteiger partial charge in [-0.1, -0.05) is 25.5 Å². The predicted octanol–water partition coefficient (Wildman–Crippen LogP) is 2.62. The van der Waals surface area contributed by atoms with E-state index in [1.807, 2.05) is 6.07 Å². The molecular formula is C16H21N3O. The zero-order valence-electron chi connectivity index (χ0n) is 11.9. The lowest BCUT2D eigenvalue weighted by Crippen LogP contribution is -2.39. The molecule has 4 heteroatoms. The molecule has 0 aromatic heterocycles. The summed E-state index contributed by atoms with van der Waals surface area (Å²) in [5.74, 6) is 0.774. The summed E-state index contributed by atoms with van der Waals surface area (Å²) in [5.41, 5.74) is 1.11. The maximum absolute atomic E-state index is 12.0. The summed E-state index contributed by atoms with van der Waals surface area (Å²) in [6.07, 6.45) is 3.59. The number of rotatable bonds is 4. The number of nitrogens with zero attached hydrogens (tertiary/aromatic N) is 2. The Morgan fingerprint density at radius 1 is 1.40 bits per heavy atom. The SMILES string of the molecule is CCC1CCN(CC(=O)Nc2ccccc2C#N)CC1. The Bertz CT molecular complexity index is 499. The normalized spacial score (nSPS) is 16.6. The largest absolute Gasteiger partial charge is 0.324 e. The van der Waals surface area contributed by atoms with Crippen LogP contribution in [-0.4, -0.2) is 30.4 Å². The molecule has 0 radical (unpaired) electrons. The topological polar surface area (TPSA) is 56.1 Å². The second-order valence-corrected chi connectivity index (χ2v) is 5.33. The van der Waals surface area contributed by atoms with E-state index in [1.54, 1.807) is 18.2 Å².